The first-order chi connectivity index (χ1) is 12.4. The minimum Gasteiger partial charge on any atom is -0.506 e. The highest BCUT2D eigenvalue weighted by molar-refractivity contribution is 5.92. The van der Waals surface area contributed by atoms with E-state index >= 15 is 0 Å². The van der Waals surface area contributed by atoms with Crippen LogP contribution in [0.25, 0.3) is 22.2 Å². The highest BCUT2D eigenvalue weighted by atomic mass is 16.4. The molecule has 26 heavy (non-hydrogen) atoms. The summed E-state index contributed by atoms with van der Waals surface area (Å²) in [5.41, 5.74) is 2.31. The summed E-state index contributed by atoms with van der Waals surface area (Å²) >= 11 is 0. The highest BCUT2D eigenvalue weighted by Crippen LogP contribution is 2.32. The largest absolute Gasteiger partial charge is 0.506 e. The standard InChI is InChI=1S/C19H21N3O4/c1-4-13-16(21-18(24)15(17(13)23)19(25)26)10-5-6-14-11(7-10)8-12(9-20-2)22(14)3/h5-8,20H,4,9H2,1-3H3,(H,25,26)(H2,21,23,24). The minimum atomic E-state index is -1.44. The van der Waals surface area contributed by atoms with Crippen molar-refractivity contribution in [1.29, 1.82) is 0 Å². The Bertz CT molecular complexity index is 1060. The Morgan fingerprint density at radius 3 is 2.65 bits per heavy atom. The number of fused-ring (bicyclic) bond motifs is 1. The van der Waals surface area contributed by atoms with Crippen LogP contribution in [0.2, 0.25) is 0 Å². The van der Waals surface area contributed by atoms with Crippen LogP contribution in [-0.4, -0.2) is 32.8 Å². The van der Waals surface area contributed by atoms with E-state index in [-0.39, 0.29) is 0 Å². The van der Waals surface area contributed by atoms with Gasteiger partial charge in [-0.3, -0.25) is 4.79 Å². The number of carboxylic acid groups (broad SMARTS) is 1. The van der Waals surface area contributed by atoms with E-state index in [1.54, 1.807) is 6.92 Å². The Hall–Kier alpha value is -3.06. The molecule has 0 spiro atoms. The fourth-order valence-electron chi connectivity index (χ4n) is 3.33. The average molecular weight is 355 g/mol. The summed E-state index contributed by atoms with van der Waals surface area (Å²) in [5.74, 6) is -1.91. The number of nitrogens with one attached hydrogen (secondary N) is 2. The topological polar surface area (TPSA) is 107 Å². The molecule has 4 N–H and O–H groups in total. The van der Waals surface area contributed by atoms with Gasteiger partial charge in [0, 0.05) is 35.8 Å². The van der Waals surface area contributed by atoms with Crippen LogP contribution in [0.15, 0.2) is 29.1 Å². The van der Waals surface area contributed by atoms with E-state index in [2.05, 4.69) is 20.9 Å². The molecule has 0 unspecified atom stereocenters. The Morgan fingerprint density at radius 2 is 2.04 bits per heavy atom. The number of aromatic carboxylic acids is 1. The van der Waals surface area contributed by atoms with Crippen LogP contribution in [-0.2, 0) is 20.0 Å². The van der Waals surface area contributed by atoms with E-state index in [4.69, 9.17) is 5.11 Å². The number of hydrogen-bond donors (Lipinski definition) is 4. The Labute approximate surface area is 149 Å². The lowest BCUT2D eigenvalue weighted by Gasteiger charge is -2.12. The lowest BCUT2D eigenvalue weighted by Crippen LogP contribution is -2.20. The van der Waals surface area contributed by atoms with Crippen LogP contribution in [0.4, 0.5) is 0 Å². The number of aromatic nitrogens is 2. The predicted octanol–water partition coefficient (Wildman–Crippen LogP) is 2.22. The molecule has 0 aliphatic rings. The monoisotopic (exact) mass is 355 g/mol. The van der Waals surface area contributed by atoms with E-state index in [9.17, 15) is 14.7 Å². The fraction of sp³-hybridized carbons (Fsp3) is 0.263. The normalized spacial score (nSPS) is 11.2. The second-order valence-electron chi connectivity index (χ2n) is 6.19. The Balaban J connectivity index is 2.23. The van der Waals surface area contributed by atoms with E-state index in [1.807, 2.05) is 32.3 Å². The summed E-state index contributed by atoms with van der Waals surface area (Å²) in [6, 6.07) is 7.79. The van der Waals surface area contributed by atoms with Crippen molar-refractivity contribution in [2.75, 3.05) is 7.05 Å². The number of benzene rings is 1. The molecule has 0 bridgehead atoms. The third-order valence-electron chi connectivity index (χ3n) is 4.65. The number of aromatic hydroxyl groups is 1. The molecule has 0 fully saturated rings. The molecule has 3 rings (SSSR count). The SMILES string of the molecule is CCc1c(-c2ccc3c(c2)cc(CNC)n3C)[nH]c(=O)c(C(=O)O)c1O. The van der Waals surface area contributed by atoms with Crippen molar-refractivity contribution in [2.24, 2.45) is 7.05 Å². The number of H-pyrrole nitrogens is 1. The number of carboxylic acids is 1. The molecule has 2 aromatic heterocycles. The summed E-state index contributed by atoms with van der Waals surface area (Å²) in [4.78, 5) is 26.0. The maximum absolute atomic E-state index is 12.1. The molecule has 3 aromatic rings. The zero-order valence-corrected chi connectivity index (χ0v) is 14.9. The Kier molecular flexibility index (Phi) is 4.56. The number of nitrogens with zero attached hydrogens (tertiary/aromatic N) is 1. The van der Waals surface area contributed by atoms with Gasteiger partial charge in [0.1, 0.15) is 5.75 Å². The molecular weight excluding hydrogens is 334 g/mol. The molecule has 0 amide bonds. The number of rotatable bonds is 5. The second-order valence-corrected chi connectivity index (χ2v) is 6.19. The molecule has 7 nitrogen and oxygen atoms in total. The molecule has 0 atom stereocenters. The van der Waals surface area contributed by atoms with Gasteiger partial charge in [-0.15, -0.1) is 0 Å². The van der Waals surface area contributed by atoms with Crippen molar-refractivity contribution in [3.8, 4) is 17.0 Å². The molecule has 0 saturated carbocycles. The molecule has 0 aliphatic carbocycles. The van der Waals surface area contributed by atoms with Gasteiger partial charge < -0.3 is 25.1 Å². The lowest BCUT2D eigenvalue weighted by atomic mass is 9.99. The second kappa shape index (κ2) is 6.68. The Morgan fingerprint density at radius 1 is 1.31 bits per heavy atom. The van der Waals surface area contributed by atoms with Crippen molar-refractivity contribution in [3.63, 3.8) is 0 Å². The van der Waals surface area contributed by atoms with E-state index in [0.29, 0.717) is 17.7 Å². The van der Waals surface area contributed by atoms with Gasteiger partial charge in [0.2, 0.25) is 0 Å². The van der Waals surface area contributed by atoms with Crippen LogP contribution in [0.3, 0.4) is 0 Å². The van der Waals surface area contributed by atoms with Crippen LogP contribution < -0.4 is 10.9 Å². The van der Waals surface area contributed by atoms with Gasteiger partial charge in [0.05, 0.1) is 5.69 Å². The first-order valence-electron chi connectivity index (χ1n) is 8.33. The molecule has 1 aromatic carbocycles. The smallest absolute Gasteiger partial charge is 0.345 e. The van der Waals surface area contributed by atoms with Crippen LogP contribution in [0, 0.1) is 0 Å². The quantitative estimate of drug-likeness (QED) is 0.561. The lowest BCUT2D eigenvalue weighted by molar-refractivity contribution is 0.0691. The third-order valence-corrected chi connectivity index (χ3v) is 4.65. The first kappa shape index (κ1) is 17.8. The van der Waals surface area contributed by atoms with E-state index in [1.165, 1.54) is 0 Å². The molecule has 7 heteroatoms. The minimum absolute atomic E-state index is 0.385. The van der Waals surface area contributed by atoms with Crippen LogP contribution >= 0.6 is 0 Å². The molecule has 0 radical (unpaired) electrons. The number of hydrogen-bond acceptors (Lipinski definition) is 4. The summed E-state index contributed by atoms with van der Waals surface area (Å²) in [7, 11) is 3.87. The average Bonchev–Trinajstić information content (AvgIpc) is 2.90. The van der Waals surface area contributed by atoms with Gasteiger partial charge in [-0.1, -0.05) is 13.0 Å². The van der Waals surface area contributed by atoms with Crippen molar-refractivity contribution < 1.29 is 15.0 Å². The summed E-state index contributed by atoms with van der Waals surface area (Å²) in [6.07, 6.45) is 0.385. The zero-order chi connectivity index (χ0) is 19.0. The molecule has 0 saturated heterocycles. The van der Waals surface area contributed by atoms with Gasteiger partial charge in [-0.2, -0.15) is 0 Å². The van der Waals surface area contributed by atoms with Gasteiger partial charge >= 0.3 is 5.97 Å². The van der Waals surface area contributed by atoms with Crippen molar-refractivity contribution in [1.82, 2.24) is 14.9 Å². The number of aryl methyl sites for hydroxylation is 1. The number of carbonyl (C=O) groups is 1. The molecule has 136 valence electrons. The summed E-state index contributed by atoms with van der Waals surface area (Å²) in [6.45, 7) is 2.53. The van der Waals surface area contributed by atoms with E-state index in [0.717, 1.165) is 28.7 Å². The number of aromatic amines is 1. The fourth-order valence-corrected chi connectivity index (χ4v) is 3.33. The van der Waals surface area contributed by atoms with Crippen molar-refractivity contribution in [2.45, 2.75) is 19.9 Å². The van der Waals surface area contributed by atoms with Gasteiger partial charge in [0.25, 0.3) is 5.56 Å². The summed E-state index contributed by atoms with van der Waals surface area (Å²) in [5, 5.41) is 23.6. The van der Waals surface area contributed by atoms with Gasteiger partial charge in [0.15, 0.2) is 5.56 Å². The predicted molar refractivity (Wildman–Crippen MR) is 99.7 cm³/mol. The van der Waals surface area contributed by atoms with Crippen molar-refractivity contribution in [3.05, 3.63) is 51.4 Å². The van der Waals surface area contributed by atoms with E-state index < -0.39 is 22.8 Å². The van der Waals surface area contributed by atoms with Crippen LogP contribution in [0.1, 0.15) is 28.5 Å². The van der Waals surface area contributed by atoms with Gasteiger partial charge in [-0.05, 0) is 37.2 Å². The van der Waals surface area contributed by atoms with Crippen LogP contribution in [0.5, 0.6) is 5.75 Å². The molecular formula is C19H21N3O4. The first-order valence-corrected chi connectivity index (χ1v) is 8.33. The number of pyridine rings is 1. The molecule has 2 heterocycles. The summed E-state index contributed by atoms with van der Waals surface area (Å²) < 4.78 is 2.09. The van der Waals surface area contributed by atoms with Crippen molar-refractivity contribution >= 4 is 16.9 Å². The zero-order valence-electron chi connectivity index (χ0n) is 14.9. The third kappa shape index (κ3) is 2.76. The van der Waals surface area contributed by atoms with Gasteiger partial charge in [-0.25, -0.2) is 4.79 Å². The highest BCUT2D eigenvalue weighted by Gasteiger charge is 2.22. The maximum atomic E-state index is 12.1. The molecule has 0 aliphatic heterocycles. The maximum Gasteiger partial charge on any atom is 0.345 e.